The zero-order chi connectivity index (χ0) is 13.2. The first-order valence-electron chi connectivity index (χ1n) is 5.89. The molecule has 2 heterocycles. The zero-order valence-electron chi connectivity index (χ0n) is 10.2. The summed E-state index contributed by atoms with van der Waals surface area (Å²) >= 11 is 0. The number of nitrogens with two attached hydrogens (primary N) is 1. The van der Waals surface area contributed by atoms with Gasteiger partial charge in [0.25, 0.3) is 5.56 Å². The van der Waals surface area contributed by atoms with Gasteiger partial charge in [0.05, 0.1) is 23.8 Å². The highest BCUT2D eigenvalue weighted by Crippen LogP contribution is 2.08. The minimum Gasteiger partial charge on any atom is -0.399 e. The second-order valence-electron chi connectivity index (χ2n) is 4.28. The summed E-state index contributed by atoms with van der Waals surface area (Å²) in [4.78, 5) is 16.4. The zero-order valence-corrected chi connectivity index (χ0v) is 10.2. The van der Waals surface area contributed by atoms with E-state index in [0.717, 1.165) is 5.39 Å². The summed E-state index contributed by atoms with van der Waals surface area (Å²) in [5.41, 5.74) is 6.91. The summed E-state index contributed by atoms with van der Waals surface area (Å²) in [6.07, 6.45) is 3.31. The summed E-state index contributed by atoms with van der Waals surface area (Å²) in [7, 11) is 0. The Hall–Kier alpha value is -2.69. The monoisotopic (exact) mass is 252 g/mol. The largest absolute Gasteiger partial charge is 0.399 e. The maximum atomic E-state index is 12.3. The Labute approximate surface area is 109 Å². The van der Waals surface area contributed by atoms with Gasteiger partial charge in [-0.3, -0.25) is 9.78 Å². The average Bonchev–Trinajstić information content (AvgIpc) is 2.42. The third-order valence-corrected chi connectivity index (χ3v) is 2.91. The third kappa shape index (κ3) is 2.18. The lowest BCUT2D eigenvalue weighted by Crippen LogP contribution is -2.23. The number of nitrogen functional groups attached to an aromatic ring is 1. The molecule has 0 saturated carbocycles. The van der Waals surface area contributed by atoms with Gasteiger partial charge >= 0.3 is 0 Å². The molecule has 0 fully saturated rings. The summed E-state index contributed by atoms with van der Waals surface area (Å²) in [5.74, 6) is 0. The molecule has 0 saturated heterocycles. The highest BCUT2D eigenvalue weighted by atomic mass is 16.1. The minimum atomic E-state index is -0.123. The van der Waals surface area contributed by atoms with Crippen LogP contribution in [0.1, 0.15) is 5.69 Å². The van der Waals surface area contributed by atoms with Crippen LogP contribution in [-0.2, 0) is 6.54 Å². The van der Waals surface area contributed by atoms with E-state index in [0.29, 0.717) is 23.3 Å². The summed E-state index contributed by atoms with van der Waals surface area (Å²) < 4.78 is 1.39. The van der Waals surface area contributed by atoms with E-state index in [1.165, 1.54) is 4.68 Å². The van der Waals surface area contributed by atoms with E-state index < -0.39 is 0 Å². The Kier molecular flexibility index (Phi) is 2.72. The third-order valence-electron chi connectivity index (χ3n) is 2.91. The van der Waals surface area contributed by atoms with Crippen molar-refractivity contribution in [2.45, 2.75) is 6.54 Å². The first-order chi connectivity index (χ1) is 9.24. The van der Waals surface area contributed by atoms with E-state index >= 15 is 0 Å². The van der Waals surface area contributed by atoms with Crippen LogP contribution in [-0.4, -0.2) is 14.8 Å². The highest BCUT2D eigenvalue weighted by Gasteiger charge is 2.05. The van der Waals surface area contributed by atoms with Gasteiger partial charge in [0.2, 0.25) is 0 Å². The summed E-state index contributed by atoms with van der Waals surface area (Å²) in [6, 6.07) is 10.8. The molecule has 3 aromatic rings. The molecule has 94 valence electrons. The van der Waals surface area contributed by atoms with Crippen LogP contribution in [0.2, 0.25) is 0 Å². The number of rotatable bonds is 2. The normalized spacial score (nSPS) is 10.7. The maximum Gasteiger partial charge on any atom is 0.274 e. The van der Waals surface area contributed by atoms with Crippen molar-refractivity contribution in [3.8, 4) is 0 Å². The molecule has 2 aromatic heterocycles. The van der Waals surface area contributed by atoms with Crippen LogP contribution in [0.4, 0.5) is 5.69 Å². The van der Waals surface area contributed by atoms with Crippen molar-refractivity contribution in [3.05, 3.63) is 64.8 Å². The molecule has 0 unspecified atom stereocenters. The Morgan fingerprint density at radius 1 is 1.21 bits per heavy atom. The van der Waals surface area contributed by atoms with Gasteiger partial charge in [0, 0.05) is 17.3 Å². The number of nitrogens with zero attached hydrogens (tertiary/aromatic N) is 3. The Bertz CT molecular complexity index is 795. The van der Waals surface area contributed by atoms with Crippen molar-refractivity contribution in [1.82, 2.24) is 14.8 Å². The van der Waals surface area contributed by atoms with Gasteiger partial charge in [-0.15, -0.1) is 0 Å². The van der Waals surface area contributed by atoms with Crippen LogP contribution >= 0.6 is 0 Å². The van der Waals surface area contributed by atoms with Gasteiger partial charge in [-0.2, -0.15) is 5.10 Å². The predicted molar refractivity (Wildman–Crippen MR) is 73.8 cm³/mol. The second kappa shape index (κ2) is 4.53. The van der Waals surface area contributed by atoms with E-state index in [1.807, 2.05) is 18.2 Å². The van der Waals surface area contributed by atoms with Crippen molar-refractivity contribution in [3.63, 3.8) is 0 Å². The molecule has 0 bridgehead atoms. The van der Waals surface area contributed by atoms with Crippen LogP contribution in [0.15, 0.2) is 53.6 Å². The Morgan fingerprint density at radius 3 is 2.89 bits per heavy atom. The molecule has 2 N–H and O–H groups in total. The number of fused-ring (bicyclic) bond motifs is 1. The predicted octanol–water partition coefficient (Wildman–Crippen LogP) is 1.42. The molecule has 3 rings (SSSR count). The molecule has 0 aliphatic rings. The molecular formula is C14H12N4O. The first-order valence-corrected chi connectivity index (χ1v) is 5.89. The fraction of sp³-hybridized carbons (Fsp3) is 0.0714. The van der Waals surface area contributed by atoms with Crippen LogP contribution in [0.25, 0.3) is 10.8 Å². The van der Waals surface area contributed by atoms with Gasteiger partial charge in [-0.25, -0.2) is 4.68 Å². The maximum absolute atomic E-state index is 12.3. The number of pyridine rings is 1. The molecule has 19 heavy (non-hydrogen) atoms. The molecule has 1 aromatic carbocycles. The summed E-state index contributed by atoms with van der Waals surface area (Å²) in [5, 5.41) is 5.65. The first kappa shape index (κ1) is 11.4. The molecule has 0 amide bonds. The van der Waals surface area contributed by atoms with E-state index in [4.69, 9.17) is 5.73 Å². The smallest absolute Gasteiger partial charge is 0.274 e. The highest BCUT2D eigenvalue weighted by molar-refractivity contribution is 5.80. The molecular weight excluding hydrogens is 240 g/mol. The number of anilines is 1. The van der Waals surface area contributed by atoms with Crippen LogP contribution in [0.3, 0.4) is 0 Å². The van der Waals surface area contributed by atoms with Gasteiger partial charge in [-0.05, 0) is 18.2 Å². The van der Waals surface area contributed by atoms with Crippen molar-refractivity contribution >= 4 is 16.5 Å². The lowest BCUT2D eigenvalue weighted by molar-refractivity contribution is 0.636. The van der Waals surface area contributed by atoms with Crippen LogP contribution in [0.5, 0.6) is 0 Å². The number of hydrogen-bond donors (Lipinski definition) is 1. The van der Waals surface area contributed by atoms with E-state index in [2.05, 4.69) is 10.1 Å². The van der Waals surface area contributed by atoms with Crippen LogP contribution < -0.4 is 11.3 Å². The average molecular weight is 252 g/mol. The van der Waals surface area contributed by atoms with Crippen LogP contribution in [0, 0.1) is 0 Å². The van der Waals surface area contributed by atoms with Gasteiger partial charge in [0.15, 0.2) is 0 Å². The summed E-state index contributed by atoms with van der Waals surface area (Å²) in [6.45, 7) is 0.314. The fourth-order valence-corrected chi connectivity index (χ4v) is 1.98. The van der Waals surface area contributed by atoms with Crippen molar-refractivity contribution in [2.24, 2.45) is 0 Å². The van der Waals surface area contributed by atoms with E-state index in [1.54, 1.807) is 30.6 Å². The van der Waals surface area contributed by atoms with Gasteiger partial charge in [0.1, 0.15) is 0 Å². The molecule has 0 radical (unpaired) electrons. The van der Waals surface area contributed by atoms with E-state index in [-0.39, 0.29) is 5.56 Å². The molecule has 5 nitrogen and oxygen atoms in total. The quantitative estimate of drug-likeness (QED) is 0.748. The molecule has 5 heteroatoms. The van der Waals surface area contributed by atoms with Crippen molar-refractivity contribution < 1.29 is 0 Å². The SMILES string of the molecule is Nc1ccnc(Cn2ncc3ccccc3c2=O)c1. The lowest BCUT2D eigenvalue weighted by atomic mass is 10.2. The molecule has 0 atom stereocenters. The second-order valence-corrected chi connectivity index (χ2v) is 4.28. The number of hydrogen-bond acceptors (Lipinski definition) is 4. The Balaban J connectivity index is 2.06. The molecule has 0 aliphatic heterocycles. The molecule has 0 spiro atoms. The topological polar surface area (TPSA) is 73.8 Å². The fourth-order valence-electron chi connectivity index (χ4n) is 1.98. The Morgan fingerprint density at radius 2 is 2.05 bits per heavy atom. The van der Waals surface area contributed by atoms with E-state index in [9.17, 15) is 4.79 Å². The lowest BCUT2D eigenvalue weighted by Gasteiger charge is -2.05. The number of aromatic nitrogens is 3. The molecule has 0 aliphatic carbocycles. The van der Waals surface area contributed by atoms with Crippen molar-refractivity contribution in [2.75, 3.05) is 5.73 Å². The minimum absolute atomic E-state index is 0.123. The number of benzene rings is 1. The van der Waals surface area contributed by atoms with Gasteiger partial charge < -0.3 is 5.73 Å². The van der Waals surface area contributed by atoms with Crippen molar-refractivity contribution in [1.29, 1.82) is 0 Å². The standard InChI is InChI=1S/C14H12N4O/c15-11-5-6-16-12(7-11)9-18-14(19)13-4-2-1-3-10(13)8-17-18/h1-8H,9H2,(H2,15,16). The van der Waals surface area contributed by atoms with Gasteiger partial charge in [-0.1, -0.05) is 18.2 Å².